The zero-order chi connectivity index (χ0) is 17.1. The van der Waals surface area contributed by atoms with E-state index in [4.69, 9.17) is 0 Å². The fraction of sp³-hybridized carbons (Fsp3) is 0.611. The van der Waals surface area contributed by atoms with Gasteiger partial charge in [-0.1, -0.05) is 12.5 Å². The fourth-order valence-corrected chi connectivity index (χ4v) is 3.85. The van der Waals surface area contributed by atoms with Crippen LogP contribution in [-0.4, -0.2) is 60.1 Å². The predicted octanol–water partition coefficient (Wildman–Crippen LogP) is 2.13. The molecule has 0 saturated carbocycles. The van der Waals surface area contributed by atoms with Crippen LogP contribution in [0.5, 0.6) is 0 Å². The van der Waals surface area contributed by atoms with E-state index in [2.05, 4.69) is 4.90 Å². The van der Waals surface area contributed by atoms with Crippen LogP contribution >= 0.6 is 0 Å². The molecule has 0 unspecified atom stereocenters. The molecular weight excluding hydrogens is 314 g/mol. The van der Waals surface area contributed by atoms with Gasteiger partial charge in [0.05, 0.1) is 0 Å². The molecule has 2 atom stereocenters. The molecule has 3 rings (SSSR count). The molecule has 1 amide bonds. The highest BCUT2D eigenvalue weighted by Crippen LogP contribution is 2.27. The van der Waals surface area contributed by atoms with Crippen molar-refractivity contribution >= 4 is 5.91 Å². The van der Waals surface area contributed by atoms with Gasteiger partial charge in [0.25, 0.3) is 5.91 Å². The molecule has 2 heterocycles. The summed E-state index contributed by atoms with van der Waals surface area (Å²) in [5, 5.41) is 9.64. The van der Waals surface area contributed by atoms with Crippen molar-refractivity contribution in [2.45, 2.75) is 19.3 Å². The van der Waals surface area contributed by atoms with Crippen LogP contribution in [0.15, 0.2) is 18.2 Å². The van der Waals surface area contributed by atoms with Crippen LogP contribution in [0.25, 0.3) is 0 Å². The van der Waals surface area contributed by atoms with E-state index >= 15 is 0 Å². The highest BCUT2D eigenvalue weighted by Gasteiger charge is 2.37. The van der Waals surface area contributed by atoms with Gasteiger partial charge in [0, 0.05) is 32.2 Å². The maximum Gasteiger partial charge on any atom is 0.259 e. The third kappa shape index (κ3) is 3.59. The summed E-state index contributed by atoms with van der Waals surface area (Å²) in [6.45, 7) is 3.70. The second-order valence-corrected chi connectivity index (χ2v) is 6.87. The quantitative estimate of drug-likeness (QED) is 0.915. The van der Waals surface area contributed by atoms with Crippen molar-refractivity contribution in [1.29, 1.82) is 0 Å². The van der Waals surface area contributed by atoms with Crippen molar-refractivity contribution in [3.05, 3.63) is 35.4 Å². The van der Waals surface area contributed by atoms with Gasteiger partial charge in [-0.05, 0) is 44.0 Å². The Balaban J connectivity index is 1.70. The molecule has 0 spiro atoms. The van der Waals surface area contributed by atoms with Gasteiger partial charge < -0.3 is 14.9 Å². The zero-order valence-electron chi connectivity index (χ0n) is 13.8. The largest absolute Gasteiger partial charge is 0.396 e. The summed E-state index contributed by atoms with van der Waals surface area (Å²) in [7, 11) is 0. The third-order valence-corrected chi connectivity index (χ3v) is 5.22. The van der Waals surface area contributed by atoms with E-state index in [1.54, 1.807) is 0 Å². The molecule has 132 valence electrons. The predicted molar refractivity (Wildman–Crippen MR) is 86.6 cm³/mol. The van der Waals surface area contributed by atoms with Gasteiger partial charge in [-0.15, -0.1) is 0 Å². The van der Waals surface area contributed by atoms with Gasteiger partial charge in [-0.3, -0.25) is 4.79 Å². The molecule has 1 N–H and O–H groups in total. The molecule has 0 bridgehead atoms. The Bertz CT molecular complexity index is 570. The number of hydrogen-bond acceptors (Lipinski definition) is 3. The number of piperidine rings is 1. The van der Waals surface area contributed by atoms with Gasteiger partial charge in [0.1, 0.15) is 17.2 Å². The number of aliphatic hydroxyl groups excluding tert-OH is 1. The van der Waals surface area contributed by atoms with E-state index in [1.807, 2.05) is 0 Å². The standard InChI is InChI=1S/C18H24F2N2O2/c19-15-5-4-6-16(20)17(15)18(24)22-10-13(14(11-22)12-23)9-21-7-2-1-3-8-21/h4-6,13-14,23H,1-3,7-12H2/t13-,14-/m0/s1. The lowest BCUT2D eigenvalue weighted by Gasteiger charge is -2.30. The number of aliphatic hydroxyl groups is 1. The average molecular weight is 338 g/mol. The topological polar surface area (TPSA) is 43.8 Å². The Morgan fingerprint density at radius 2 is 1.71 bits per heavy atom. The van der Waals surface area contributed by atoms with Gasteiger partial charge in [-0.25, -0.2) is 8.78 Å². The number of hydrogen-bond donors (Lipinski definition) is 1. The molecule has 2 aliphatic heterocycles. The number of carbonyl (C=O) groups is 1. The minimum atomic E-state index is -0.833. The summed E-state index contributed by atoms with van der Waals surface area (Å²) in [5.41, 5.74) is -0.493. The molecule has 0 aliphatic carbocycles. The molecule has 1 aromatic carbocycles. The maximum absolute atomic E-state index is 13.9. The van der Waals surface area contributed by atoms with Crippen molar-refractivity contribution in [1.82, 2.24) is 9.80 Å². The Kier molecular flexibility index (Phi) is 5.46. The Labute approximate surface area is 141 Å². The molecule has 2 fully saturated rings. The van der Waals surface area contributed by atoms with E-state index in [0.717, 1.165) is 31.8 Å². The molecule has 2 saturated heterocycles. The number of carbonyl (C=O) groups excluding carboxylic acids is 1. The van der Waals surface area contributed by atoms with Gasteiger partial charge in [0.15, 0.2) is 0 Å². The number of rotatable bonds is 4. The lowest BCUT2D eigenvalue weighted by Crippen LogP contribution is -2.37. The second-order valence-electron chi connectivity index (χ2n) is 6.87. The summed E-state index contributed by atoms with van der Waals surface area (Å²) in [6.07, 6.45) is 3.61. The Hall–Kier alpha value is -1.53. The Morgan fingerprint density at radius 3 is 2.33 bits per heavy atom. The van der Waals surface area contributed by atoms with Crippen LogP contribution < -0.4 is 0 Å². The van der Waals surface area contributed by atoms with Crippen molar-refractivity contribution in [3.8, 4) is 0 Å². The summed E-state index contributed by atoms with van der Waals surface area (Å²) in [4.78, 5) is 16.4. The number of nitrogens with zero attached hydrogens (tertiary/aromatic N) is 2. The van der Waals surface area contributed by atoms with Crippen LogP contribution in [0.2, 0.25) is 0 Å². The third-order valence-electron chi connectivity index (χ3n) is 5.22. The molecule has 0 radical (unpaired) electrons. The van der Waals surface area contributed by atoms with Crippen LogP contribution in [0.4, 0.5) is 8.78 Å². The lowest BCUT2D eigenvalue weighted by molar-refractivity contribution is 0.0769. The first-order valence-electron chi connectivity index (χ1n) is 8.66. The Morgan fingerprint density at radius 1 is 1.08 bits per heavy atom. The fourth-order valence-electron chi connectivity index (χ4n) is 3.85. The van der Waals surface area contributed by atoms with Crippen molar-refractivity contribution in [2.24, 2.45) is 11.8 Å². The molecule has 24 heavy (non-hydrogen) atoms. The lowest BCUT2D eigenvalue weighted by atomic mass is 9.95. The van der Waals surface area contributed by atoms with E-state index in [1.165, 1.54) is 30.2 Å². The first kappa shape index (κ1) is 17.3. The minimum Gasteiger partial charge on any atom is -0.396 e. The SMILES string of the molecule is O=C(c1c(F)cccc1F)N1C[C@@H](CO)[C@@H](CN2CCCCC2)C1. The van der Waals surface area contributed by atoms with Gasteiger partial charge >= 0.3 is 0 Å². The first-order valence-corrected chi connectivity index (χ1v) is 8.66. The molecule has 2 aliphatic rings. The summed E-state index contributed by atoms with van der Waals surface area (Å²) < 4.78 is 27.7. The van der Waals surface area contributed by atoms with Crippen molar-refractivity contribution < 1.29 is 18.7 Å². The molecule has 1 aromatic rings. The normalized spacial score (nSPS) is 25.2. The smallest absolute Gasteiger partial charge is 0.259 e. The van der Waals surface area contributed by atoms with E-state index in [-0.39, 0.29) is 18.4 Å². The monoisotopic (exact) mass is 338 g/mol. The van der Waals surface area contributed by atoms with Gasteiger partial charge in [-0.2, -0.15) is 0 Å². The minimum absolute atomic E-state index is 0.0119. The first-order chi connectivity index (χ1) is 11.6. The summed E-state index contributed by atoms with van der Waals surface area (Å²) in [5.74, 6) is -2.18. The van der Waals surface area contributed by atoms with E-state index in [9.17, 15) is 18.7 Å². The summed E-state index contributed by atoms with van der Waals surface area (Å²) in [6, 6.07) is 3.45. The van der Waals surface area contributed by atoms with Crippen LogP contribution in [0, 0.1) is 23.5 Å². The highest BCUT2D eigenvalue weighted by molar-refractivity contribution is 5.95. The molecule has 4 nitrogen and oxygen atoms in total. The van der Waals surface area contributed by atoms with Crippen LogP contribution in [-0.2, 0) is 0 Å². The number of halogens is 2. The highest BCUT2D eigenvalue weighted by atomic mass is 19.1. The second kappa shape index (κ2) is 7.57. The number of amides is 1. The molecular formula is C18H24F2N2O2. The average Bonchev–Trinajstić information content (AvgIpc) is 2.98. The number of likely N-dealkylation sites (tertiary alicyclic amines) is 2. The van der Waals surface area contributed by atoms with Crippen molar-refractivity contribution in [2.75, 3.05) is 39.3 Å². The van der Waals surface area contributed by atoms with E-state index in [0.29, 0.717) is 13.1 Å². The van der Waals surface area contributed by atoms with Crippen LogP contribution in [0.3, 0.4) is 0 Å². The number of benzene rings is 1. The van der Waals surface area contributed by atoms with Crippen LogP contribution in [0.1, 0.15) is 29.6 Å². The zero-order valence-corrected chi connectivity index (χ0v) is 13.8. The summed E-state index contributed by atoms with van der Waals surface area (Å²) >= 11 is 0. The molecule has 6 heteroatoms. The van der Waals surface area contributed by atoms with Gasteiger partial charge in [0.2, 0.25) is 0 Å². The van der Waals surface area contributed by atoms with Crippen molar-refractivity contribution in [3.63, 3.8) is 0 Å². The molecule has 0 aromatic heterocycles. The van der Waals surface area contributed by atoms with E-state index < -0.39 is 23.1 Å². The maximum atomic E-state index is 13.9.